The van der Waals surface area contributed by atoms with Crippen LogP contribution in [0.2, 0.25) is 0 Å². The molecule has 200 valence electrons. The second-order valence-electron chi connectivity index (χ2n) is 7.95. The first-order valence-electron chi connectivity index (χ1n) is 11.7. The lowest BCUT2D eigenvalue weighted by atomic mass is 10.0. The van der Waals surface area contributed by atoms with E-state index < -0.39 is 18.0 Å². The van der Waals surface area contributed by atoms with Gasteiger partial charge in [-0.2, -0.15) is 0 Å². The number of halogens is 1. The lowest BCUT2D eigenvalue weighted by Crippen LogP contribution is -2.39. The molecule has 4 rings (SSSR count). The van der Waals surface area contributed by atoms with E-state index in [1.807, 2.05) is 23.6 Å². The van der Waals surface area contributed by atoms with Gasteiger partial charge in [-0.25, -0.2) is 14.6 Å². The monoisotopic (exact) mass is 668 g/mol. The largest absolute Gasteiger partial charge is 0.493 e. The van der Waals surface area contributed by atoms with Crippen LogP contribution in [0.1, 0.15) is 37.3 Å². The van der Waals surface area contributed by atoms with Crippen LogP contribution in [0.4, 0.5) is 0 Å². The van der Waals surface area contributed by atoms with Gasteiger partial charge in [-0.3, -0.25) is 9.36 Å². The van der Waals surface area contributed by atoms with Crippen LogP contribution in [0.15, 0.2) is 50.7 Å². The van der Waals surface area contributed by atoms with E-state index in [1.54, 1.807) is 37.5 Å². The molecule has 1 aromatic carbocycles. The van der Waals surface area contributed by atoms with Crippen LogP contribution < -0.4 is 24.4 Å². The number of thiophene rings is 1. The fourth-order valence-electron chi connectivity index (χ4n) is 3.96. The Morgan fingerprint density at radius 1 is 1.21 bits per heavy atom. The molecule has 0 saturated heterocycles. The molecule has 3 aromatic rings. The Labute approximate surface area is 240 Å². The van der Waals surface area contributed by atoms with Gasteiger partial charge < -0.3 is 18.9 Å². The lowest BCUT2D eigenvalue weighted by molar-refractivity contribution is -0.145. The van der Waals surface area contributed by atoms with Crippen molar-refractivity contribution >= 4 is 63.3 Å². The van der Waals surface area contributed by atoms with E-state index in [9.17, 15) is 14.4 Å². The van der Waals surface area contributed by atoms with Crippen molar-refractivity contribution in [3.05, 3.63) is 74.6 Å². The van der Waals surface area contributed by atoms with Crippen molar-refractivity contribution in [3.8, 4) is 11.5 Å². The molecule has 3 heterocycles. The van der Waals surface area contributed by atoms with E-state index in [1.165, 1.54) is 29.8 Å². The second kappa shape index (κ2) is 12.3. The van der Waals surface area contributed by atoms with Crippen LogP contribution >= 0.6 is 45.3 Å². The van der Waals surface area contributed by atoms with Crippen LogP contribution in [0.5, 0.6) is 11.5 Å². The topological polar surface area (TPSA) is 105 Å². The summed E-state index contributed by atoms with van der Waals surface area (Å²) in [5.74, 6) is -0.142. The zero-order chi connectivity index (χ0) is 27.4. The van der Waals surface area contributed by atoms with Crippen molar-refractivity contribution in [2.45, 2.75) is 26.8 Å². The van der Waals surface area contributed by atoms with Crippen LogP contribution in [0, 0.1) is 3.57 Å². The lowest BCUT2D eigenvalue weighted by Gasteiger charge is -2.23. The number of hydrogen-bond acceptors (Lipinski definition) is 10. The highest BCUT2D eigenvalue weighted by Gasteiger charge is 2.33. The molecule has 0 aliphatic carbocycles. The number of methoxy groups -OCH3 is 1. The first-order chi connectivity index (χ1) is 18.3. The number of hydrogen-bond donors (Lipinski definition) is 0. The van der Waals surface area contributed by atoms with Crippen LogP contribution in [-0.2, 0) is 19.1 Å². The molecule has 0 N–H and O–H groups in total. The third-order valence-corrected chi connectivity index (χ3v) is 8.23. The maximum Gasteiger partial charge on any atom is 0.344 e. The number of thiazole rings is 1. The smallest absolute Gasteiger partial charge is 0.344 e. The maximum absolute atomic E-state index is 13.7. The highest BCUT2D eigenvalue weighted by atomic mass is 127. The van der Waals surface area contributed by atoms with Crippen LogP contribution in [-0.4, -0.2) is 43.4 Å². The summed E-state index contributed by atoms with van der Waals surface area (Å²) in [5, 5.41) is 1.91. The Hall–Kier alpha value is -2.97. The number of ether oxygens (including phenoxy) is 4. The summed E-state index contributed by atoms with van der Waals surface area (Å²) in [5.41, 5.74) is 1.31. The standard InChI is InChI=1S/C26H25IN2O7S2/c1-5-34-20(30)13-36-23-16(27)10-15(11-17(23)33-4)12-19-24(31)29-22(18-8-7-9-37-18)21(25(32)35-6-2)14(3)28-26(29)38-19/h7-12,22H,5-6,13H2,1-4H3/b19-12-/t22-/m1/s1. The van der Waals surface area contributed by atoms with E-state index in [2.05, 4.69) is 27.6 Å². The van der Waals surface area contributed by atoms with Gasteiger partial charge in [-0.05, 0) is 78.6 Å². The quantitative estimate of drug-likeness (QED) is 0.254. The Bertz CT molecular complexity index is 1570. The molecule has 0 spiro atoms. The summed E-state index contributed by atoms with van der Waals surface area (Å²) in [6, 6.07) is 6.71. The van der Waals surface area contributed by atoms with Gasteiger partial charge in [0, 0.05) is 4.88 Å². The average molecular weight is 669 g/mol. The van der Waals surface area contributed by atoms with Gasteiger partial charge in [0.15, 0.2) is 22.9 Å². The number of nitrogens with zero attached hydrogens (tertiary/aromatic N) is 2. The van der Waals surface area contributed by atoms with Gasteiger partial charge in [0.05, 0.1) is 39.7 Å². The zero-order valence-corrected chi connectivity index (χ0v) is 24.9. The molecule has 1 aliphatic heterocycles. The minimum absolute atomic E-state index is 0.219. The van der Waals surface area contributed by atoms with Gasteiger partial charge in [0.2, 0.25) is 0 Å². The Balaban J connectivity index is 1.79. The predicted molar refractivity (Wildman–Crippen MR) is 153 cm³/mol. The van der Waals surface area contributed by atoms with Crippen molar-refractivity contribution in [2.24, 2.45) is 4.99 Å². The normalized spacial score (nSPS) is 15.1. The van der Waals surface area contributed by atoms with E-state index in [-0.39, 0.29) is 25.4 Å². The third-order valence-electron chi connectivity index (χ3n) is 5.52. The Morgan fingerprint density at radius 3 is 2.63 bits per heavy atom. The molecular weight excluding hydrogens is 643 g/mol. The van der Waals surface area contributed by atoms with Crippen molar-refractivity contribution in [1.82, 2.24) is 4.57 Å². The maximum atomic E-state index is 13.7. The minimum Gasteiger partial charge on any atom is -0.493 e. The number of carbonyl (C=O) groups is 2. The molecule has 12 heteroatoms. The number of carbonyl (C=O) groups excluding carboxylic acids is 2. The summed E-state index contributed by atoms with van der Waals surface area (Å²) in [4.78, 5) is 44.3. The fourth-order valence-corrected chi connectivity index (χ4v) is 6.61. The molecule has 0 saturated carbocycles. The molecule has 0 unspecified atom stereocenters. The molecule has 9 nitrogen and oxygen atoms in total. The number of allylic oxidation sites excluding steroid dienone is 1. The molecule has 2 aromatic heterocycles. The Kier molecular flexibility index (Phi) is 9.05. The van der Waals surface area contributed by atoms with Gasteiger partial charge in [-0.15, -0.1) is 11.3 Å². The minimum atomic E-state index is -0.624. The molecule has 0 amide bonds. The summed E-state index contributed by atoms with van der Waals surface area (Å²) >= 11 is 4.79. The number of benzene rings is 1. The van der Waals surface area contributed by atoms with E-state index in [4.69, 9.17) is 18.9 Å². The van der Waals surface area contributed by atoms with E-state index in [0.717, 1.165) is 4.88 Å². The molecule has 0 fully saturated rings. The highest BCUT2D eigenvalue weighted by molar-refractivity contribution is 14.1. The molecule has 0 radical (unpaired) electrons. The molecule has 0 bridgehead atoms. The second-order valence-corrected chi connectivity index (χ2v) is 11.1. The van der Waals surface area contributed by atoms with Crippen LogP contribution in [0.3, 0.4) is 0 Å². The fraction of sp³-hybridized carbons (Fsp3) is 0.308. The van der Waals surface area contributed by atoms with Crippen molar-refractivity contribution in [1.29, 1.82) is 0 Å². The molecular formula is C26H25IN2O7S2. The number of esters is 2. The molecule has 1 aliphatic rings. The highest BCUT2D eigenvalue weighted by Crippen LogP contribution is 2.35. The number of aromatic nitrogens is 1. The SMILES string of the molecule is CCOC(=O)COc1c(I)cc(/C=c2\sc3n(c2=O)[C@H](c2cccs2)C(C(=O)OCC)=C(C)N=3)cc1OC. The predicted octanol–water partition coefficient (Wildman–Crippen LogP) is 3.41. The van der Waals surface area contributed by atoms with Gasteiger partial charge in [-0.1, -0.05) is 17.4 Å². The first kappa shape index (κ1) is 28.0. The van der Waals surface area contributed by atoms with Crippen LogP contribution in [0.25, 0.3) is 6.08 Å². The summed E-state index contributed by atoms with van der Waals surface area (Å²) in [6.07, 6.45) is 1.75. The van der Waals surface area contributed by atoms with Crippen molar-refractivity contribution < 1.29 is 28.5 Å². The zero-order valence-electron chi connectivity index (χ0n) is 21.1. The van der Waals surface area contributed by atoms with Gasteiger partial charge in [0.1, 0.15) is 6.04 Å². The number of rotatable bonds is 9. The van der Waals surface area contributed by atoms with E-state index >= 15 is 0 Å². The van der Waals surface area contributed by atoms with Gasteiger partial charge >= 0.3 is 11.9 Å². The van der Waals surface area contributed by atoms with Gasteiger partial charge in [0.25, 0.3) is 5.56 Å². The summed E-state index contributed by atoms with van der Waals surface area (Å²) < 4.78 is 24.1. The summed E-state index contributed by atoms with van der Waals surface area (Å²) in [6.45, 7) is 5.46. The average Bonchev–Trinajstić information content (AvgIpc) is 3.51. The first-order valence-corrected chi connectivity index (χ1v) is 14.5. The third kappa shape index (κ3) is 5.71. The van der Waals surface area contributed by atoms with E-state index in [0.29, 0.717) is 41.2 Å². The van der Waals surface area contributed by atoms with Crippen molar-refractivity contribution in [2.75, 3.05) is 26.9 Å². The molecule has 38 heavy (non-hydrogen) atoms. The van der Waals surface area contributed by atoms with Crippen molar-refractivity contribution in [3.63, 3.8) is 0 Å². The number of fused-ring (bicyclic) bond motifs is 1. The molecule has 1 atom stereocenters. The summed E-state index contributed by atoms with van der Waals surface area (Å²) in [7, 11) is 1.50. The Morgan fingerprint density at radius 2 is 1.97 bits per heavy atom.